The molecule has 0 saturated heterocycles. The number of hydrogen-bond acceptors (Lipinski definition) is 3. The molecule has 0 bridgehead atoms. The van der Waals surface area contributed by atoms with Gasteiger partial charge < -0.3 is 5.32 Å². The second-order valence-corrected chi connectivity index (χ2v) is 3.90. The normalized spacial score (nSPS) is 11.3. The molecule has 1 rings (SSSR count). The molecule has 1 heterocycles. The number of hydrogen-bond donors (Lipinski definition) is 1. The van der Waals surface area contributed by atoms with Crippen LogP contribution in [0.2, 0.25) is 5.02 Å². The minimum atomic E-state index is -0.348. The number of anilines is 1. The summed E-state index contributed by atoms with van der Waals surface area (Å²) in [6.07, 6.45) is 12.2. The Morgan fingerprint density at radius 1 is 1.59 bits per heavy atom. The lowest BCUT2D eigenvalue weighted by molar-refractivity contribution is 0.661. The van der Waals surface area contributed by atoms with Crippen LogP contribution in [0.25, 0.3) is 0 Å². The van der Waals surface area contributed by atoms with E-state index in [1.807, 2.05) is 6.92 Å². The molecule has 0 fully saturated rings. The number of halogens is 1. The molecular formula is C12H12ClN3O. The van der Waals surface area contributed by atoms with Gasteiger partial charge in [0, 0.05) is 12.5 Å². The van der Waals surface area contributed by atoms with Crippen LogP contribution in [0.1, 0.15) is 13.3 Å². The molecule has 1 N–H and O–H groups in total. The Labute approximate surface area is 105 Å². The van der Waals surface area contributed by atoms with Gasteiger partial charge in [0.05, 0.1) is 11.2 Å². The van der Waals surface area contributed by atoms with Gasteiger partial charge in [-0.25, -0.2) is 4.68 Å². The SMILES string of the molecule is C#CCC(C)Nc1c(Cl)cnn(CC#C)c1=O. The van der Waals surface area contributed by atoms with Gasteiger partial charge >= 0.3 is 0 Å². The van der Waals surface area contributed by atoms with Crippen LogP contribution in [-0.4, -0.2) is 15.8 Å². The third kappa shape index (κ3) is 3.27. The Hall–Kier alpha value is -1.91. The van der Waals surface area contributed by atoms with Crippen molar-refractivity contribution in [3.8, 4) is 24.7 Å². The first-order chi connectivity index (χ1) is 8.10. The summed E-state index contributed by atoms with van der Waals surface area (Å²) in [6.45, 7) is 1.97. The molecule has 0 aromatic carbocycles. The van der Waals surface area contributed by atoms with Crippen molar-refractivity contribution in [2.24, 2.45) is 0 Å². The molecule has 1 aromatic heterocycles. The van der Waals surface area contributed by atoms with E-state index in [2.05, 4.69) is 22.3 Å². The van der Waals surface area contributed by atoms with Crippen LogP contribution < -0.4 is 10.9 Å². The van der Waals surface area contributed by atoms with Crippen LogP contribution in [0.5, 0.6) is 0 Å². The lowest BCUT2D eigenvalue weighted by Gasteiger charge is -2.13. The predicted molar refractivity (Wildman–Crippen MR) is 68.9 cm³/mol. The average Bonchev–Trinajstić information content (AvgIpc) is 2.29. The molecular weight excluding hydrogens is 238 g/mol. The summed E-state index contributed by atoms with van der Waals surface area (Å²) in [5, 5.41) is 7.05. The van der Waals surface area contributed by atoms with Gasteiger partial charge in [-0.05, 0) is 6.92 Å². The molecule has 4 nitrogen and oxygen atoms in total. The molecule has 0 radical (unpaired) electrons. The van der Waals surface area contributed by atoms with E-state index in [0.29, 0.717) is 6.42 Å². The van der Waals surface area contributed by atoms with Gasteiger partial charge in [-0.15, -0.1) is 18.8 Å². The quantitative estimate of drug-likeness (QED) is 0.820. The first-order valence-corrected chi connectivity index (χ1v) is 5.37. The van der Waals surface area contributed by atoms with Crippen molar-refractivity contribution >= 4 is 17.3 Å². The standard InChI is InChI=1S/C12H12ClN3O/c1-4-6-9(3)15-11-10(13)8-14-16(7-5-2)12(11)17/h1-2,8-9,15H,6-7H2,3H3. The fourth-order valence-corrected chi connectivity index (χ4v) is 1.45. The number of nitrogens with one attached hydrogen (secondary N) is 1. The van der Waals surface area contributed by atoms with Crippen LogP contribution in [0.3, 0.4) is 0 Å². The topological polar surface area (TPSA) is 46.9 Å². The highest BCUT2D eigenvalue weighted by Gasteiger charge is 2.11. The first-order valence-electron chi connectivity index (χ1n) is 4.99. The van der Waals surface area contributed by atoms with Crippen molar-refractivity contribution in [3.63, 3.8) is 0 Å². The predicted octanol–water partition coefficient (Wildman–Crippen LogP) is 1.35. The zero-order valence-electron chi connectivity index (χ0n) is 9.40. The van der Waals surface area contributed by atoms with Gasteiger partial charge in [-0.2, -0.15) is 5.10 Å². The minimum Gasteiger partial charge on any atom is -0.376 e. The van der Waals surface area contributed by atoms with Crippen LogP contribution in [-0.2, 0) is 6.54 Å². The fourth-order valence-electron chi connectivity index (χ4n) is 1.27. The molecule has 5 heteroatoms. The maximum Gasteiger partial charge on any atom is 0.292 e. The van der Waals surface area contributed by atoms with Crippen molar-refractivity contribution in [3.05, 3.63) is 21.6 Å². The smallest absolute Gasteiger partial charge is 0.292 e. The van der Waals surface area contributed by atoms with E-state index in [4.69, 9.17) is 24.4 Å². The summed E-state index contributed by atoms with van der Waals surface area (Å²) in [7, 11) is 0. The third-order valence-electron chi connectivity index (χ3n) is 2.05. The number of nitrogens with zero attached hydrogens (tertiary/aromatic N) is 2. The molecule has 0 aliphatic rings. The summed E-state index contributed by atoms with van der Waals surface area (Å²) in [4.78, 5) is 11.9. The highest BCUT2D eigenvalue weighted by molar-refractivity contribution is 6.33. The van der Waals surface area contributed by atoms with Crippen molar-refractivity contribution < 1.29 is 0 Å². The van der Waals surface area contributed by atoms with Crippen molar-refractivity contribution in [1.82, 2.24) is 9.78 Å². The largest absolute Gasteiger partial charge is 0.376 e. The summed E-state index contributed by atoms with van der Waals surface area (Å²) in [5.41, 5.74) is -0.0704. The van der Waals surface area contributed by atoms with E-state index in [-0.39, 0.29) is 28.9 Å². The zero-order valence-corrected chi connectivity index (χ0v) is 10.2. The summed E-state index contributed by atoms with van der Waals surface area (Å²) < 4.78 is 1.16. The lowest BCUT2D eigenvalue weighted by atomic mass is 10.2. The molecule has 1 unspecified atom stereocenters. The Morgan fingerprint density at radius 2 is 2.29 bits per heavy atom. The van der Waals surface area contributed by atoms with Crippen LogP contribution in [0, 0.1) is 24.7 Å². The molecule has 17 heavy (non-hydrogen) atoms. The first kappa shape index (κ1) is 13.2. The van der Waals surface area contributed by atoms with E-state index in [1.165, 1.54) is 6.20 Å². The van der Waals surface area contributed by atoms with Crippen molar-refractivity contribution in [2.75, 3.05) is 5.32 Å². The molecule has 0 saturated carbocycles. The van der Waals surface area contributed by atoms with E-state index in [1.54, 1.807) is 0 Å². The van der Waals surface area contributed by atoms with E-state index in [9.17, 15) is 4.79 Å². The van der Waals surface area contributed by atoms with E-state index in [0.717, 1.165) is 4.68 Å². The Morgan fingerprint density at radius 3 is 2.88 bits per heavy atom. The highest BCUT2D eigenvalue weighted by Crippen LogP contribution is 2.16. The molecule has 0 aliphatic heterocycles. The summed E-state index contributed by atoms with van der Waals surface area (Å²) in [5.74, 6) is 4.85. The average molecular weight is 250 g/mol. The minimum absolute atomic E-state index is 0.0492. The Kier molecular flexibility index (Phi) is 4.63. The highest BCUT2D eigenvalue weighted by atomic mass is 35.5. The lowest BCUT2D eigenvalue weighted by Crippen LogP contribution is -2.28. The molecule has 0 spiro atoms. The zero-order chi connectivity index (χ0) is 12.8. The monoisotopic (exact) mass is 249 g/mol. The molecule has 88 valence electrons. The Balaban J connectivity index is 3.07. The number of aromatic nitrogens is 2. The second-order valence-electron chi connectivity index (χ2n) is 3.49. The molecule has 0 amide bonds. The van der Waals surface area contributed by atoms with Gasteiger partial charge in [-0.1, -0.05) is 17.5 Å². The van der Waals surface area contributed by atoms with Crippen LogP contribution >= 0.6 is 11.6 Å². The van der Waals surface area contributed by atoms with E-state index >= 15 is 0 Å². The van der Waals surface area contributed by atoms with E-state index < -0.39 is 0 Å². The van der Waals surface area contributed by atoms with Crippen molar-refractivity contribution in [2.45, 2.75) is 25.9 Å². The van der Waals surface area contributed by atoms with Gasteiger partial charge in [-0.3, -0.25) is 4.79 Å². The Bertz CT molecular complexity index is 536. The second kappa shape index (κ2) is 5.98. The van der Waals surface area contributed by atoms with Crippen LogP contribution in [0.4, 0.5) is 5.69 Å². The molecule has 1 aromatic rings. The maximum atomic E-state index is 11.9. The molecule has 1 atom stereocenters. The van der Waals surface area contributed by atoms with Gasteiger partial charge in [0.2, 0.25) is 0 Å². The van der Waals surface area contributed by atoms with Gasteiger partial charge in [0.25, 0.3) is 5.56 Å². The number of rotatable bonds is 4. The summed E-state index contributed by atoms with van der Waals surface area (Å²) in [6, 6.07) is -0.0492. The third-order valence-corrected chi connectivity index (χ3v) is 2.34. The maximum absolute atomic E-state index is 11.9. The van der Waals surface area contributed by atoms with Gasteiger partial charge in [0.15, 0.2) is 0 Å². The van der Waals surface area contributed by atoms with Gasteiger partial charge in [0.1, 0.15) is 12.2 Å². The fraction of sp³-hybridized carbons (Fsp3) is 0.333. The van der Waals surface area contributed by atoms with Crippen LogP contribution in [0.15, 0.2) is 11.0 Å². The van der Waals surface area contributed by atoms with Crippen molar-refractivity contribution in [1.29, 1.82) is 0 Å². The molecule has 0 aliphatic carbocycles. The summed E-state index contributed by atoms with van der Waals surface area (Å²) >= 11 is 5.90. The number of terminal acetylenes is 2.